The lowest BCUT2D eigenvalue weighted by Crippen LogP contribution is -2.25. The Labute approximate surface area is 124 Å². The molecular formula is C17H19NO3. The van der Waals surface area contributed by atoms with Gasteiger partial charge in [-0.15, -0.1) is 0 Å². The number of aromatic hydroxyl groups is 1. The number of ether oxygens (including phenoxy) is 1. The molecule has 0 spiro atoms. The van der Waals surface area contributed by atoms with Gasteiger partial charge in [-0.25, -0.2) is 0 Å². The highest BCUT2D eigenvalue weighted by Gasteiger charge is 2.08. The van der Waals surface area contributed by atoms with E-state index < -0.39 is 0 Å². The maximum Gasteiger partial charge on any atom is 0.255 e. The summed E-state index contributed by atoms with van der Waals surface area (Å²) in [4.78, 5) is 11.8. The number of phenols is 1. The Morgan fingerprint density at radius 1 is 1.19 bits per heavy atom. The second kappa shape index (κ2) is 7.33. The maximum atomic E-state index is 11.8. The van der Waals surface area contributed by atoms with Gasteiger partial charge in [-0.2, -0.15) is 0 Å². The fraction of sp³-hybridized carbons (Fsp3) is 0.235. The number of carbonyl (C=O) groups excluding carboxylic acids is 1. The average molecular weight is 285 g/mol. The first-order chi connectivity index (χ1) is 10.2. The molecule has 4 nitrogen and oxygen atoms in total. The standard InChI is InChI=1S/C17H19NO3/c1-13-6-4-7-14(12-13)21-11-5-10-18-17(20)15-8-2-3-9-16(15)19/h2-4,6-9,12,19H,5,10-11H2,1H3,(H,18,20). The zero-order valence-corrected chi connectivity index (χ0v) is 12.0. The predicted molar refractivity (Wildman–Crippen MR) is 81.7 cm³/mol. The lowest BCUT2D eigenvalue weighted by Gasteiger charge is -2.08. The monoisotopic (exact) mass is 285 g/mol. The first-order valence-corrected chi connectivity index (χ1v) is 6.92. The number of rotatable bonds is 6. The van der Waals surface area contributed by atoms with Gasteiger partial charge in [0.15, 0.2) is 0 Å². The molecule has 0 atom stereocenters. The van der Waals surface area contributed by atoms with Crippen LogP contribution in [0.5, 0.6) is 11.5 Å². The number of hydrogen-bond donors (Lipinski definition) is 2. The van der Waals surface area contributed by atoms with Crippen LogP contribution in [0.15, 0.2) is 48.5 Å². The Kier molecular flexibility index (Phi) is 5.21. The van der Waals surface area contributed by atoms with E-state index >= 15 is 0 Å². The van der Waals surface area contributed by atoms with Crippen molar-refractivity contribution >= 4 is 5.91 Å². The van der Waals surface area contributed by atoms with E-state index in [1.165, 1.54) is 6.07 Å². The Bertz CT molecular complexity index is 610. The van der Waals surface area contributed by atoms with Crippen LogP contribution >= 0.6 is 0 Å². The van der Waals surface area contributed by atoms with Crippen molar-refractivity contribution in [3.8, 4) is 11.5 Å². The van der Waals surface area contributed by atoms with Gasteiger partial charge in [-0.3, -0.25) is 4.79 Å². The number of phenolic OH excluding ortho intramolecular Hbond substituents is 1. The van der Waals surface area contributed by atoms with E-state index in [0.29, 0.717) is 19.6 Å². The number of amides is 1. The molecule has 0 bridgehead atoms. The molecule has 0 aliphatic rings. The number of hydrogen-bond acceptors (Lipinski definition) is 3. The minimum atomic E-state index is -0.274. The highest BCUT2D eigenvalue weighted by molar-refractivity contribution is 5.96. The number of carbonyl (C=O) groups is 1. The van der Waals surface area contributed by atoms with Crippen LogP contribution < -0.4 is 10.1 Å². The molecule has 0 aromatic heterocycles. The summed E-state index contributed by atoms with van der Waals surface area (Å²) < 4.78 is 5.60. The summed E-state index contributed by atoms with van der Waals surface area (Å²) in [6.07, 6.45) is 0.702. The van der Waals surface area contributed by atoms with Crippen molar-refractivity contribution in [3.63, 3.8) is 0 Å². The first-order valence-electron chi connectivity index (χ1n) is 6.92. The molecule has 110 valence electrons. The van der Waals surface area contributed by atoms with Gasteiger partial charge in [0.05, 0.1) is 12.2 Å². The minimum Gasteiger partial charge on any atom is -0.507 e. The summed E-state index contributed by atoms with van der Waals surface area (Å²) in [5, 5.41) is 12.3. The van der Waals surface area contributed by atoms with Crippen LogP contribution in [0.25, 0.3) is 0 Å². The van der Waals surface area contributed by atoms with Gasteiger partial charge in [-0.05, 0) is 43.2 Å². The van der Waals surface area contributed by atoms with Gasteiger partial charge in [0.1, 0.15) is 11.5 Å². The zero-order chi connectivity index (χ0) is 15.1. The highest BCUT2D eigenvalue weighted by Crippen LogP contribution is 2.15. The topological polar surface area (TPSA) is 58.6 Å². The summed E-state index contributed by atoms with van der Waals surface area (Å²) in [6, 6.07) is 14.3. The van der Waals surface area contributed by atoms with Crippen LogP contribution in [0.2, 0.25) is 0 Å². The van der Waals surface area contributed by atoms with Crippen molar-refractivity contribution in [2.24, 2.45) is 0 Å². The number of benzene rings is 2. The third-order valence-corrected chi connectivity index (χ3v) is 3.01. The first kappa shape index (κ1) is 14.9. The van der Waals surface area contributed by atoms with E-state index in [4.69, 9.17) is 4.74 Å². The maximum absolute atomic E-state index is 11.8. The molecule has 2 aromatic carbocycles. The van der Waals surface area contributed by atoms with Crippen LogP contribution in [0.1, 0.15) is 22.3 Å². The molecule has 1 amide bonds. The molecule has 2 N–H and O–H groups in total. The number of para-hydroxylation sites is 1. The van der Waals surface area contributed by atoms with Gasteiger partial charge in [0.25, 0.3) is 5.91 Å². The summed E-state index contributed by atoms with van der Waals surface area (Å²) >= 11 is 0. The molecule has 21 heavy (non-hydrogen) atoms. The van der Waals surface area contributed by atoms with Gasteiger partial charge in [0, 0.05) is 6.54 Å². The zero-order valence-electron chi connectivity index (χ0n) is 12.0. The number of nitrogens with one attached hydrogen (secondary N) is 1. The smallest absolute Gasteiger partial charge is 0.255 e. The molecule has 0 aliphatic heterocycles. The van der Waals surface area contributed by atoms with Crippen molar-refractivity contribution in [1.29, 1.82) is 0 Å². The van der Waals surface area contributed by atoms with Crippen molar-refractivity contribution in [3.05, 3.63) is 59.7 Å². The van der Waals surface area contributed by atoms with E-state index in [1.807, 2.05) is 31.2 Å². The molecule has 2 aromatic rings. The van der Waals surface area contributed by atoms with Crippen LogP contribution in [0.4, 0.5) is 0 Å². The lowest BCUT2D eigenvalue weighted by molar-refractivity contribution is 0.0949. The van der Waals surface area contributed by atoms with E-state index in [0.717, 1.165) is 11.3 Å². The summed E-state index contributed by atoms with van der Waals surface area (Å²) in [5.41, 5.74) is 1.44. The second-order valence-electron chi connectivity index (χ2n) is 4.79. The second-order valence-corrected chi connectivity index (χ2v) is 4.79. The highest BCUT2D eigenvalue weighted by atomic mass is 16.5. The molecule has 0 unspecified atom stereocenters. The Balaban J connectivity index is 1.70. The van der Waals surface area contributed by atoms with Gasteiger partial charge >= 0.3 is 0 Å². The van der Waals surface area contributed by atoms with Crippen LogP contribution in [0.3, 0.4) is 0 Å². The van der Waals surface area contributed by atoms with Crippen molar-refractivity contribution in [2.75, 3.05) is 13.2 Å². The van der Waals surface area contributed by atoms with Gasteiger partial charge < -0.3 is 15.2 Å². The molecule has 0 fully saturated rings. The van der Waals surface area contributed by atoms with E-state index in [-0.39, 0.29) is 17.2 Å². The normalized spacial score (nSPS) is 10.1. The SMILES string of the molecule is Cc1cccc(OCCCNC(=O)c2ccccc2O)c1. The van der Waals surface area contributed by atoms with E-state index in [1.54, 1.807) is 18.2 Å². The Hall–Kier alpha value is -2.49. The molecule has 4 heteroatoms. The molecule has 2 rings (SSSR count). The minimum absolute atomic E-state index is 0.00832. The van der Waals surface area contributed by atoms with Crippen LogP contribution in [-0.2, 0) is 0 Å². The molecule has 0 aliphatic carbocycles. The quantitative estimate of drug-likeness (QED) is 0.802. The van der Waals surface area contributed by atoms with Crippen molar-refractivity contribution in [2.45, 2.75) is 13.3 Å². The molecule has 0 saturated heterocycles. The average Bonchev–Trinajstić information content (AvgIpc) is 2.47. The van der Waals surface area contributed by atoms with Crippen LogP contribution in [-0.4, -0.2) is 24.2 Å². The van der Waals surface area contributed by atoms with Gasteiger partial charge in [0.2, 0.25) is 0 Å². The summed E-state index contributed by atoms with van der Waals surface area (Å²) in [5.74, 6) is 0.552. The molecule has 0 heterocycles. The van der Waals surface area contributed by atoms with Crippen LogP contribution in [0, 0.1) is 6.92 Å². The summed E-state index contributed by atoms with van der Waals surface area (Å²) in [6.45, 7) is 3.04. The predicted octanol–water partition coefficient (Wildman–Crippen LogP) is 2.90. The third kappa shape index (κ3) is 4.53. The Morgan fingerprint density at radius 2 is 2.00 bits per heavy atom. The largest absolute Gasteiger partial charge is 0.507 e. The van der Waals surface area contributed by atoms with E-state index in [2.05, 4.69) is 5.32 Å². The molecule has 0 saturated carbocycles. The Morgan fingerprint density at radius 3 is 2.76 bits per heavy atom. The summed E-state index contributed by atoms with van der Waals surface area (Å²) in [7, 11) is 0. The molecular weight excluding hydrogens is 266 g/mol. The lowest BCUT2D eigenvalue weighted by atomic mass is 10.2. The third-order valence-electron chi connectivity index (χ3n) is 3.01. The fourth-order valence-electron chi connectivity index (χ4n) is 1.93. The van der Waals surface area contributed by atoms with Crippen molar-refractivity contribution < 1.29 is 14.6 Å². The van der Waals surface area contributed by atoms with E-state index in [9.17, 15) is 9.90 Å². The van der Waals surface area contributed by atoms with Crippen molar-refractivity contribution in [1.82, 2.24) is 5.32 Å². The van der Waals surface area contributed by atoms with Gasteiger partial charge in [-0.1, -0.05) is 24.3 Å². The molecule has 0 radical (unpaired) electrons. The fourth-order valence-corrected chi connectivity index (χ4v) is 1.93. The number of aryl methyl sites for hydroxylation is 1.